The SMILES string of the molecule is CC/C=C\C/C=C\C/C=C\C/C=C\C/C=C\C/C=C\CCCCCCCCCCCCCCCCCCCCC(=O)NC(CO)C(O)CCCCCCCCCCCCCCCCCCCCCCCCCC. The largest absolute Gasteiger partial charge is 0.394 e. The Morgan fingerprint density at radius 2 is 0.603 bits per heavy atom. The molecule has 3 N–H and O–H groups in total. The molecule has 0 aromatic heterocycles. The van der Waals surface area contributed by atoms with Crippen LogP contribution in [-0.2, 0) is 4.79 Å². The highest BCUT2D eigenvalue weighted by molar-refractivity contribution is 5.76. The smallest absolute Gasteiger partial charge is 0.220 e. The molecule has 0 heterocycles. The number of aliphatic hydroxyl groups is 2. The number of aliphatic hydroxyl groups excluding tert-OH is 2. The van der Waals surface area contributed by atoms with Crippen LogP contribution in [0.2, 0.25) is 0 Å². The zero-order chi connectivity index (χ0) is 52.7. The Hall–Kier alpha value is -2.17. The van der Waals surface area contributed by atoms with Gasteiger partial charge in [0.15, 0.2) is 0 Å². The minimum atomic E-state index is -0.662. The predicted octanol–water partition coefficient (Wildman–Crippen LogP) is 22.1. The Kier molecular flexibility index (Phi) is 62.2. The fourth-order valence-corrected chi connectivity index (χ4v) is 10.1. The van der Waals surface area contributed by atoms with Crippen molar-refractivity contribution in [2.45, 2.75) is 353 Å². The summed E-state index contributed by atoms with van der Waals surface area (Å²) >= 11 is 0. The number of unbranched alkanes of at least 4 members (excludes halogenated alkanes) is 41. The van der Waals surface area contributed by atoms with Crippen molar-refractivity contribution >= 4 is 5.91 Å². The first-order valence-electron chi connectivity index (χ1n) is 32.6. The highest BCUT2D eigenvalue weighted by atomic mass is 16.3. The van der Waals surface area contributed by atoms with E-state index in [1.54, 1.807) is 0 Å². The molecule has 1 amide bonds. The molecule has 4 heteroatoms. The van der Waals surface area contributed by atoms with Gasteiger partial charge in [-0.2, -0.15) is 0 Å². The van der Waals surface area contributed by atoms with Gasteiger partial charge >= 0.3 is 0 Å². The second-order valence-corrected chi connectivity index (χ2v) is 22.2. The highest BCUT2D eigenvalue weighted by Gasteiger charge is 2.20. The fourth-order valence-electron chi connectivity index (χ4n) is 10.1. The van der Waals surface area contributed by atoms with Crippen LogP contribution in [0.4, 0.5) is 0 Å². The van der Waals surface area contributed by atoms with E-state index in [-0.39, 0.29) is 12.5 Å². The van der Waals surface area contributed by atoms with Crippen LogP contribution in [0.5, 0.6) is 0 Å². The normalized spacial score (nSPS) is 13.2. The van der Waals surface area contributed by atoms with Gasteiger partial charge in [0.2, 0.25) is 5.91 Å². The van der Waals surface area contributed by atoms with E-state index in [0.717, 1.165) is 64.2 Å². The summed E-state index contributed by atoms with van der Waals surface area (Å²) < 4.78 is 0. The Bertz CT molecular complexity index is 1250. The second kappa shape index (κ2) is 64.1. The van der Waals surface area contributed by atoms with E-state index in [1.807, 2.05) is 0 Å². The third-order valence-electron chi connectivity index (χ3n) is 15.0. The van der Waals surface area contributed by atoms with Crippen molar-refractivity contribution in [3.05, 3.63) is 72.9 Å². The van der Waals surface area contributed by atoms with Crippen LogP contribution < -0.4 is 5.32 Å². The molecule has 73 heavy (non-hydrogen) atoms. The van der Waals surface area contributed by atoms with Gasteiger partial charge in [-0.1, -0.05) is 344 Å². The lowest BCUT2D eigenvalue weighted by molar-refractivity contribution is -0.123. The molecule has 0 rings (SSSR count). The van der Waals surface area contributed by atoms with Gasteiger partial charge in [-0.25, -0.2) is 0 Å². The standard InChI is InChI=1S/C69H127NO3/c1-3-5-7-9-11-13-15-17-19-21-23-25-27-29-30-31-32-33-34-35-36-37-38-39-40-41-43-45-47-49-51-53-55-57-59-61-63-65-69(73)70-67(66-71)68(72)64-62-60-58-56-54-52-50-48-46-44-42-28-26-24-22-20-18-16-14-12-10-8-6-4-2/h5,7,11,13,17,19,23,25,29-30,32-33,67-68,71-72H,3-4,6,8-10,12,14-16,18,20-22,24,26-28,31,34-66H2,1-2H3,(H,70,73)/b7-5-,13-11-,19-17-,25-23-,30-29-,33-32-. The third kappa shape index (κ3) is 60.6. The van der Waals surface area contributed by atoms with Gasteiger partial charge in [0.05, 0.1) is 18.8 Å². The lowest BCUT2D eigenvalue weighted by Gasteiger charge is -2.22. The Morgan fingerprint density at radius 1 is 0.342 bits per heavy atom. The van der Waals surface area contributed by atoms with Gasteiger partial charge in [0.25, 0.3) is 0 Å². The van der Waals surface area contributed by atoms with Gasteiger partial charge in [-0.05, 0) is 64.2 Å². The zero-order valence-corrected chi connectivity index (χ0v) is 49.2. The van der Waals surface area contributed by atoms with E-state index < -0.39 is 12.1 Å². The lowest BCUT2D eigenvalue weighted by Crippen LogP contribution is -2.45. The summed E-state index contributed by atoms with van der Waals surface area (Å²) in [6, 6.07) is -0.539. The molecule has 0 saturated carbocycles. The predicted molar refractivity (Wildman–Crippen MR) is 327 cm³/mol. The van der Waals surface area contributed by atoms with E-state index in [9.17, 15) is 15.0 Å². The fraction of sp³-hybridized carbons (Fsp3) is 0.812. The van der Waals surface area contributed by atoms with Crippen LogP contribution in [-0.4, -0.2) is 34.9 Å². The van der Waals surface area contributed by atoms with Crippen LogP contribution in [0.1, 0.15) is 341 Å². The summed E-state index contributed by atoms with van der Waals surface area (Å²) in [5, 5.41) is 23.4. The first-order chi connectivity index (χ1) is 36.2. The molecule has 0 aliphatic rings. The summed E-state index contributed by atoms with van der Waals surface area (Å²) in [6.07, 6.45) is 92.1. The van der Waals surface area contributed by atoms with Crippen LogP contribution in [0.25, 0.3) is 0 Å². The molecule has 2 atom stereocenters. The molecule has 4 nitrogen and oxygen atoms in total. The average molecular weight is 1020 g/mol. The Morgan fingerprint density at radius 3 is 0.904 bits per heavy atom. The van der Waals surface area contributed by atoms with E-state index in [0.29, 0.717) is 12.8 Å². The van der Waals surface area contributed by atoms with E-state index in [2.05, 4.69) is 92.1 Å². The molecule has 0 fully saturated rings. The van der Waals surface area contributed by atoms with Crippen molar-refractivity contribution in [2.75, 3.05) is 6.61 Å². The summed E-state index contributed by atoms with van der Waals surface area (Å²) in [5.74, 6) is -0.0268. The van der Waals surface area contributed by atoms with Gasteiger partial charge in [0.1, 0.15) is 0 Å². The summed E-state index contributed by atoms with van der Waals surface area (Å²) in [5.41, 5.74) is 0. The lowest BCUT2D eigenvalue weighted by atomic mass is 10.0. The number of allylic oxidation sites excluding steroid dienone is 12. The number of hydrogen-bond acceptors (Lipinski definition) is 3. The maximum Gasteiger partial charge on any atom is 0.220 e. The Balaban J connectivity index is 3.44. The topological polar surface area (TPSA) is 69.6 Å². The molecule has 426 valence electrons. The van der Waals surface area contributed by atoms with Crippen LogP contribution in [0.3, 0.4) is 0 Å². The highest BCUT2D eigenvalue weighted by Crippen LogP contribution is 2.18. The monoisotopic (exact) mass is 1020 g/mol. The number of amides is 1. The molecule has 0 aromatic rings. The number of rotatable bonds is 60. The molecule has 0 spiro atoms. The molecule has 0 bridgehead atoms. The molecule has 0 aliphatic carbocycles. The van der Waals surface area contributed by atoms with Crippen LogP contribution in [0, 0.1) is 0 Å². The molecule has 2 unspecified atom stereocenters. The minimum Gasteiger partial charge on any atom is -0.394 e. The molecule has 0 aromatic carbocycles. The van der Waals surface area contributed by atoms with Crippen molar-refractivity contribution in [3.8, 4) is 0 Å². The second-order valence-electron chi connectivity index (χ2n) is 22.2. The number of carbonyl (C=O) groups is 1. The van der Waals surface area contributed by atoms with Gasteiger partial charge in [-0.15, -0.1) is 0 Å². The third-order valence-corrected chi connectivity index (χ3v) is 15.0. The molecule has 0 saturated heterocycles. The van der Waals surface area contributed by atoms with Crippen molar-refractivity contribution in [1.29, 1.82) is 0 Å². The molecular weight excluding hydrogens is 891 g/mol. The Labute approximate surface area is 457 Å². The number of hydrogen-bond donors (Lipinski definition) is 3. The quantitative estimate of drug-likeness (QED) is 0.0420. The van der Waals surface area contributed by atoms with Crippen molar-refractivity contribution in [3.63, 3.8) is 0 Å². The average Bonchev–Trinajstić information content (AvgIpc) is 3.40. The van der Waals surface area contributed by atoms with Crippen LogP contribution in [0.15, 0.2) is 72.9 Å². The number of nitrogens with one attached hydrogen (secondary N) is 1. The molecule has 0 radical (unpaired) electrons. The maximum absolute atomic E-state index is 12.5. The maximum atomic E-state index is 12.5. The summed E-state index contributed by atoms with van der Waals surface area (Å²) in [6.45, 7) is 4.28. The van der Waals surface area contributed by atoms with Gasteiger partial charge in [0, 0.05) is 6.42 Å². The van der Waals surface area contributed by atoms with Crippen molar-refractivity contribution in [1.82, 2.24) is 5.32 Å². The first-order valence-corrected chi connectivity index (χ1v) is 32.6. The van der Waals surface area contributed by atoms with Crippen molar-refractivity contribution in [2.24, 2.45) is 0 Å². The first kappa shape index (κ1) is 70.8. The van der Waals surface area contributed by atoms with Gasteiger partial charge in [-0.3, -0.25) is 4.79 Å². The van der Waals surface area contributed by atoms with Crippen LogP contribution >= 0.6 is 0 Å². The van der Waals surface area contributed by atoms with E-state index >= 15 is 0 Å². The van der Waals surface area contributed by atoms with Crippen molar-refractivity contribution < 1.29 is 15.0 Å². The van der Waals surface area contributed by atoms with E-state index in [1.165, 1.54) is 250 Å². The number of carbonyl (C=O) groups excluding carboxylic acids is 1. The van der Waals surface area contributed by atoms with E-state index in [4.69, 9.17) is 0 Å². The summed E-state index contributed by atoms with van der Waals surface area (Å²) in [4.78, 5) is 12.5. The minimum absolute atomic E-state index is 0.0268. The zero-order valence-electron chi connectivity index (χ0n) is 49.2. The summed E-state index contributed by atoms with van der Waals surface area (Å²) in [7, 11) is 0. The van der Waals surface area contributed by atoms with Gasteiger partial charge < -0.3 is 15.5 Å². The molecular formula is C69H127NO3. The molecule has 0 aliphatic heterocycles.